The molecular formula is C22H33N3O3. The number of carbonyl (C=O) groups is 2. The fraction of sp³-hybridized carbons (Fsp3) is 0.682. The SMILES string of the molecule is CC(=O)N1CCCCC1c1cccnc1N(C(=O)OC(C)(C)C)C1CCCC1. The summed E-state index contributed by atoms with van der Waals surface area (Å²) in [4.78, 5) is 33.7. The van der Waals surface area contributed by atoms with Crippen molar-refractivity contribution in [1.82, 2.24) is 9.88 Å². The molecule has 0 radical (unpaired) electrons. The lowest BCUT2D eigenvalue weighted by molar-refractivity contribution is -0.132. The first kappa shape index (κ1) is 20.6. The molecule has 2 heterocycles. The number of amides is 2. The normalized spacial score (nSPS) is 20.9. The minimum Gasteiger partial charge on any atom is -0.443 e. The second kappa shape index (κ2) is 8.50. The van der Waals surface area contributed by atoms with Gasteiger partial charge in [0, 0.05) is 31.3 Å². The summed E-state index contributed by atoms with van der Waals surface area (Å²) in [5.41, 5.74) is 0.384. The molecule has 3 rings (SSSR count). The summed E-state index contributed by atoms with van der Waals surface area (Å²) >= 11 is 0. The Labute approximate surface area is 168 Å². The molecular weight excluding hydrogens is 354 g/mol. The maximum atomic E-state index is 13.2. The molecule has 2 fully saturated rings. The lowest BCUT2D eigenvalue weighted by atomic mass is 9.95. The van der Waals surface area contributed by atoms with Crippen LogP contribution in [0, 0.1) is 0 Å². The van der Waals surface area contributed by atoms with E-state index in [0.717, 1.165) is 57.1 Å². The first-order chi connectivity index (χ1) is 13.3. The number of ether oxygens (including phenoxy) is 1. The van der Waals surface area contributed by atoms with Crippen LogP contribution < -0.4 is 4.90 Å². The topological polar surface area (TPSA) is 62.7 Å². The number of nitrogens with zero attached hydrogens (tertiary/aromatic N) is 3. The number of piperidine rings is 1. The van der Waals surface area contributed by atoms with E-state index in [1.807, 2.05) is 37.8 Å². The Morgan fingerprint density at radius 1 is 1.14 bits per heavy atom. The van der Waals surface area contributed by atoms with Crippen LogP contribution in [0.25, 0.3) is 0 Å². The highest BCUT2D eigenvalue weighted by Crippen LogP contribution is 2.38. The van der Waals surface area contributed by atoms with Crippen LogP contribution in [0.4, 0.5) is 10.6 Å². The minimum atomic E-state index is -0.570. The molecule has 1 saturated heterocycles. The van der Waals surface area contributed by atoms with E-state index in [-0.39, 0.29) is 24.1 Å². The molecule has 0 N–H and O–H groups in total. The van der Waals surface area contributed by atoms with Gasteiger partial charge in [-0.25, -0.2) is 9.78 Å². The molecule has 1 unspecified atom stereocenters. The van der Waals surface area contributed by atoms with Crippen molar-refractivity contribution in [3.63, 3.8) is 0 Å². The molecule has 1 atom stereocenters. The van der Waals surface area contributed by atoms with Crippen molar-refractivity contribution in [2.75, 3.05) is 11.4 Å². The number of pyridine rings is 1. The first-order valence-corrected chi connectivity index (χ1v) is 10.5. The van der Waals surface area contributed by atoms with Crippen molar-refractivity contribution in [2.45, 2.75) is 90.3 Å². The number of rotatable bonds is 3. The van der Waals surface area contributed by atoms with E-state index in [2.05, 4.69) is 4.98 Å². The van der Waals surface area contributed by atoms with Gasteiger partial charge in [0.2, 0.25) is 5.91 Å². The lowest BCUT2D eigenvalue weighted by Gasteiger charge is -2.38. The van der Waals surface area contributed by atoms with E-state index in [4.69, 9.17) is 4.74 Å². The fourth-order valence-corrected chi connectivity index (χ4v) is 4.38. The molecule has 1 saturated carbocycles. The van der Waals surface area contributed by atoms with E-state index in [1.54, 1.807) is 18.0 Å². The molecule has 0 aromatic carbocycles. The molecule has 0 spiro atoms. The maximum absolute atomic E-state index is 13.2. The van der Waals surface area contributed by atoms with Gasteiger partial charge in [0.15, 0.2) is 0 Å². The van der Waals surface area contributed by atoms with Gasteiger partial charge in [0.1, 0.15) is 11.4 Å². The number of aromatic nitrogens is 1. The van der Waals surface area contributed by atoms with Gasteiger partial charge in [-0.15, -0.1) is 0 Å². The largest absolute Gasteiger partial charge is 0.443 e. The van der Waals surface area contributed by atoms with Crippen molar-refractivity contribution in [3.8, 4) is 0 Å². The molecule has 0 bridgehead atoms. The van der Waals surface area contributed by atoms with Gasteiger partial charge >= 0.3 is 6.09 Å². The van der Waals surface area contributed by atoms with Gasteiger partial charge in [0.25, 0.3) is 0 Å². The van der Waals surface area contributed by atoms with Gasteiger partial charge < -0.3 is 9.64 Å². The molecule has 1 aromatic heterocycles. The van der Waals surface area contributed by atoms with Crippen molar-refractivity contribution < 1.29 is 14.3 Å². The predicted octanol–water partition coefficient (Wildman–Crippen LogP) is 4.84. The van der Waals surface area contributed by atoms with Crippen LogP contribution in [0.3, 0.4) is 0 Å². The molecule has 1 aliphatic heterocycles. The predicted molar refractivity (Wildman–Crippen MR) is 109 cm³/mol. The summed E-state index contributed by atoms with van der Waals surface area (Å²) < 4.78 is 5.75. The molecule has 6 nitrogen and oxygen atoms in total. The van der Waals surface area contributed by atoms with E-state index < -0.39 is 5.60 Å². The summed E-state index contributed by atoms with van der Waals surface area (Å²) in [6, 6.07) is 3.97. The van der Waals surface area contributed by atoms with Crippen molar-refractivity contribution in [2.24, 2.45) is 0 Å². The summed E-state index contributed by atoms with van der Waals surface area (Å²) in [5, 5.41) is 0. The Hall–Kier alpha value is -2.11. The maximum Gasteiger partial charge on any atom is 0.416 e. The number of hydrogen-bond donors (Lipinski definition) is 0. The Morgan fingerprint density at radius 2 is 1.82 bits per heavy atom. The van der Waals surface area contributed by atoms with Crippen LogP contribution in [0.1, 0.15) is 84.2 Å². The highest BCUT2D eigenvalue weighted by Gasteiger charge is 2.36. The third kappa shape index (κ3) is 4.65. The molecule has 2 amide bonds. The minimum absolute atomic E-state index is 0.0405. The molecule has 1 aliphatic carbocycles. The highest BCUT2D eigenvalue weighted by atomic mass is 16.6. The Morgan fingerprint density at radius 3 is 2.46 bits per heavy atom. The van der Waals surface area contributed by atoms with Gasteiger partial charge in [-0.2, -0.15) is 0 Å². The van der Waals surface area contributed by atoms with E-state index >= 15 is 0 Å². The lowest BCUT2D eigenvalue weighted by Crippen LogP contribution is -2.44. The molecule has 1 aromatic rings. The van der Waals surface area contributed by atoms with Crippen LogP contribution in [0.5, 0.6) is 0 Å². The van der Waals surface area contributed by atoms with Crippen LogP contribution >= 0.6 is 0 Å². The summed E-state index contributed by atoms with van der Waals surface area (Å²) in [6.07, 6.45) is 8.49. The number of likely N-dealkylation sites (tertiary alicyclic amines) is 1. The quantitative estimate of drug-likeness (QED) is 0.744. The first-order valence-electron chi connectivity index (χ1n) is 10.5. The average Bonchev–Trinajstić information content (AvgIpc) is 3.15. The summed E-state index contributed by atoms with van der Waals surface area (Å²) in [5.74, 6) is 0.728. The van der Waals surface area contributed by atoms with Crippen LogP contribution in [-0.4, -0.2) is 40.1 Å². The average molecular weight is 388 g/mol. The van der Waals surface area contributed by atoms with Gasteiger partial charge in [-0.3, -0.25) is 9.69 Å². The zero-order valence-corrected chi connectivity index (χ0v) is 17.6. The van der Waals surface area contributed by atoms with Crippen molar-refractivity contribution >= 4 is 17.8 Å². The van der Waals surface area contributed by atoms with Crippen LogP contribution in [0.2, 0.25) is 0 Å². The zero-order chi connectivity index (χ0) is 20.3. The van der Waals surface area contributed by atoms with Crippen molar-refractivity contribution in [1.29, 1.82) is 0 Å². The molecule has 6 heteroatoms. The zero-order valence-electron chi connectivity index (χ0n) is 17.6. The Bertz CT molecular complexity index is 707. The van der Waals surface area contributed by atoms with Gasteiger partial charge in [-0.05, 0) is 58.9 Å². The summed E-state index contributed by atoms with van der Waals surface area (Å²) in [6.45, 7) is 8.03. The third-order valence-electron chi connectivity index (χ3n) is 5.59. The number of anilines is 1. The molecule has 154 valence electrons. The van der Waals surface area contributed by atoms with E-state index in [9.17, 15) is 9.59 Å². The number of hydrogen-bond acceptors (Lipinski definition) is 4. The summed E-state index contributed by atoms with van der Waals surface area (Å²) in [7, 11) is 0. The van der Waals surface area contributed by atoms with Crippen LogP contribution in [0.15, 0.2) is 18.3 Å². The van der Waals surface area contributed by atoms with Crippen LogP contribution in [-0.2, 0) is 9.53 Å². The van der Waals surface area contributed by atoms with Gasteiger partial charge in [-0.1, -0.05) is 18.9 Å². The standard InChI is InChI=1S/C22H33N3O3/c1-16(26)24-15-8-7-13-19(24)18-12-9-14-23-20(18)25(17-10-5-6-11-17)21(27)28-22(2,3)4/h9,12,14,17,19H,5-8,10-11,13,15H2,1-4H3. The van der Waals surface area contributed by atoms with Gasteiger partial charge in [0.05, 0.1) is 6.04 Å². The van der Waals surface area contributed by atoms with E-state index in [0.29, 0.717) is 5.82 Å². The third-order valence-corrected chi connectivity index (χ3v) is 5.59. The van der Waals surface area contributed by atoms with E-state index in [1.165, 1.54) is 0 Å². The molecule has 2 aliphatic rings. The highest BCUT2D eigenvalue weighted by molar-refractivity contribution is 5.88. The van der Waals surface area contributed by atoms with Crippen molar-refractivity contribution in [3.05, 3.63) is 23.9 Å². The Balaban J connectivity index is 2.01. The second-order valence-electron chi connectivity index (χ2n) is 8.93. The Kier molecular flexibility index (Phi) is 6.26. The second-order valence-corrected chi connectivity index (χ2v) is 8.93. The smallest absolute Gasteiger partial charge is 0.416 e. The molecule has 28 heavy (non-hydrogen) atoms. The monoisotopic (exact) mass is 387 g/mol. The number of carbonyl (C=O) groups excluding carboxylic acids is 2. The fourth-order valence-electron chi connectivity index (χ4n) is 4.38.